The quantitative estimate of drug-likeness (QED) is 0.624. The Bertz CT molecular complexity index is 966. The first-order valence-electron chi connectivity index (χ1n) is 9.48. The van der Waals surface area contributed by atoms with Crippen molar-refractivity contribution in [3.63, 3.8) is 0 Å². The van der Waals surface area contributed by atoms with Gasteiger partial charge in [-0.1, -0.05) is 12.1 Å². The maximum absolute atomic E-state index is 12.9. The van der Waals surface area contributed by atoms with Crippen LogP contribution in [-0.2, 0) is 23.8 Å². The number of rotatable bonds is 8. The highest BCUT2D eigenvalue weighted by atomic mass is 16.5. The number of imidazole rings is 1. The Hall–Kier alpha value is -3.59. The predicted octanol–water partition coefficient (Wildman–Crippen LogP) is 1.37. The minimum atomic E-state index is -0.756. The van der Waals surface area contributed by atoms with Crippen LogP contribution in [0.15, 0.2) is 66.2 Å². The van der Waals surface area contributed by atoms with Gasteiger partial charge >= 0.3 is 11.9 Å². The highest BCUT2D eigenvalue weighted by molar-refractivity contribution is 5.99. The van der Waals surface area contributed by atoms with E-state index in [1.165, 1.54) is 13.3 Å². The van der Waals surface area contributed by atoms with E-state index in [4.69, 9.17) is 19.9 Å². The van der Waals surface area contributed by atoms with Crippen molar-refractivity contribution in [3.05, 3.63) is 71.8 Å². The first kappa shape index (κ1) is 21.1. The van der Waals surface area contributed by atoms with E-state index in [9.17, 15) is 9.59 Å². The number of carbonyl (C=O) groups is 2. The first-order chi connectivity index (χ1) is 14.6. The molecule has 0 spiro atoms. The Labute approximate surface area is 174 Å². The van der Waals surface area contributed by atoms with Crippen LogP contribution >= 0.6 is 0 Å². The summed E-state index contributed by atoms with van der Waals surface area (Å²) in [7, 11) is 1.29. The molecule has 0 saturated carbocycles. The van der Waals surface area contributed by atoms with Gasteiger partial charge in [-0.05, 0) is 24.6 Å². The molecule has 1 aromatic carbocycles. The standard InChI is InChI=1S/C21H24N4O5/c1-3-29-21(27)18-17(14-5-4-6-15(11-14)25-9-8-23-13-25)16(20(26)28-2)12-24-19(18)30-10-7-22/h4-6,8-9,11-13,17,24H,3,7,10,22H2,1-2H3. The molecule has 2 aromatic rings. The summed E-state index contributed by atoms with van der Waals surface area (Å²) in [4.78, 5) is 29.5. The van der Waals surface area contributed by atoms with Crippen LogP contribution in [0.5, 0.6) is 0 Å². The van der Waals surface area contributed by atoms with Gasteiger partial charge in [-0.15, -0.1) is 0 Å². The van der Waals surface area contributed by atoms with E-state index in [1.807, 2.05) is 28.8 Å². The van der Waals surface area contributed by atoms with Crippen LogP contribution in [0.4, 0.5) is 0 Å². The number of aromatic nitrogens is 2. The molecule has 0 radical (unpaired) electrons. The number of carbonyl (C=O) groups excluding carboxylic acids is 2. The maximum atomic E-state index is 12.9. The Balaban J connectivity index is 2.14. The molecule has 0 saturated heterocycles. The van der Waals surface area contributed by atoms with Crippen LogP contribution in [0.1, 0.15) is 18.4 Å². The monoisotopic (exact) mass is 412 g/mol. The second-order valence-electron chi connectivity index (χ2n) is 6.33. The van der Waals surface area contributed by atoms with Crippen molar-refractivity contribution < 1.29 is 23.8 Å². The van der Waals surface area contributed by atoms with Gasteiger partial charge in [0.15, 0.2) is 0 Å². The van der Waals surface area contributed by atoms with E-state index >= 15 is 0 Å². The summed E-state index contributed by atoms with van der Waals surface area (Å²) in [5, 5.41) is 2.87. The topological polar surface area (TPSA) is 118 Å². The van der Waals surface area contributed by atoms with Gasteiger partial charge in [-0.25, -0.2) is 14.6 Å². The molecule has 9 heteroatoms. The normalized spacial score (nSPS) is 15.8. The fourth-order valence-electron chi connectivity index (χ4n) is 3.21. The van der Waals surface area contributed by atoms with Crippen LogP contribution in [0.2, 0.25) is 0 Å². The van der Waals surface area contributed by atoms with E-state index in [-0.39, 0.29) is 36.8 Å². The van der Waals surface area contributed by atoms with Gasteiger partial charge in [0.2, 0.25) is 5.88 Å². The van der Waals surface area contributed by atoms with E-state index in [0.29, 0.717) is 5.56 Å². The lowest BCUT2D eigenvalue weighted by Crippen LogP contribution is -2.32. The lowest BCUT2D eigenvalue weighted by atomic mass is 9.83. The van der Waals surface area contributed by atoms with Crippen molar-refractivity contribution in [1.82, 2.24) is 14.9 Å². The molecule has 0 aliphatic carbocycles. The van der Waals surface area contributed by atoms with Crippen molar-refractivity contribution in [1.29, 1.82) is 0 Å². The summed E-state index contributed by atoms with van der Waals surface area (Å²) in [5.74, 6) is -1.72. The van der Waals surface area contributed by atoms with Gasteiger partial charge in [-0.2, -0.15) is 0 Å². The molecule has 1 unspecified atom stereocenters. The molecule has 158 valence electrons. The van der Waals surface area contributed by atoms with Gasteiger partial charge < -0.3 is 29.8 Å². The van der Waals surface area contributed by atoms with Crippen LogP contribution in [-0.4, -0.2) is 48.4 Å². The van der Waals surface area contributed by atoms with Crippen molar-refractivity contribution in [2.75, 3.05) is 26.9 Å². The zero-order valence-corrected chi connectivity index (χ0v) is 16.8. The second-order valence-corrected chi connectivity index (χ2v) is 6.33. The molecule has 2 heterocycles. The van der Waals surface area contributed by atoms with Crippen molar-refractivity contribution in [3.8, 4) is 5.69 Å². The lowest BCUT2D eigenvalue weighted by molar-refractivity contribution is -0.139. The Morgan fingerprint density at radius 1 is 1.30 bits per heavy atom. The van der Waals surface area contributed by atoms with Crippen molar-refractivity contribution >= 4 is 11.9 Å². The van der Waals surface area contributed by atoms with Crippen LogP contribution in [0.3, 0.4) is 0 Å². The van der Waals surface area contributed by atoms with E-state index in [0.717, 1.165) is 5.69 Å². The smallest absolute Gasteiger partial charge is 0.340 e. The lowest BCUT2D eigenvalue weighted by Gasteiger charge is -2.28. The summed E-state index contributed by atoms with van der Waals surface area (Å²) in [6, 6.07) is 7.43. The molecule has 1 aliphatic heterocycles. The number of benzene rings is 1. The number of methoxy groups -OCH3 is 1. The minimum Gasteiger partial charge on any atom is -0.477 e. The number of nitrogens with one attached hydrogen (secondary N) is 1. The number of dihydropyridines is 1. The number of nitrogens with two attached hydrogens (primary N) is 1. The highest BCUT2D eigenvalue weighted by Crippen LogP contribution is 2.38. The third kappa shape index (κ3) is 4.36. The summed E-state index contributed by atoms with van der Waals surface area (Å²) in [5.41, 5.74) is 7.49. The molecular formula is C21H24N4O5. The molecular weight excluding hydrogens is 388 g/mol. The van der Waals surface area contributed by atoms with Gasteiger partial charge in [0.1, 0.15) is 12.2 Å². The Morgan fingerprint density at radius 2 is 2.13 bits per heavy atom. The largest absolute Gasteiger partial charge is 0.477 e. The third-order valence-corrected chi connectivity index (χ3v) is 4.49. The number of hydrogen-bond acceptors (Lipinski definition) is 8. The number of hydrogen-bond donors (Lipinski definition) is 2. The van der Waals surface area contributed by atoms with Gasteiger partial charge in [-0.3, -0.25) is 0 Å². The minimum absolute atomic E-state index is 0.172. The molecule has 0 fully saturated rings. The molecule has 1 aromatic heterocycles. The van der Waals surface area contributed by atoms with Crippen LogP contribution in [0.25, 0.3) is 5.69 Å². The molecule has 0 bridgehead atoms. The van der Waals surface area contributed by atoms with Crippen molar-refractivity contribution in [2.24, 2.45) is 5.73 Å². The maximum Gasteiger partial charge on any atom is 0.340 e. The van der Waals surface area contributed by atoms with Gasteiger partial charge in [0.05, 0.1) is 31.5 Å². The fourth-order valence-corrected chi connectivity index (χ4v) is 3.21. The average Bonchev–Trinajstić information content (AvgIpc) is 3.31. The number of ether oxygens (including phenoxy) is 3. The van der Waals surface area contributed by atoms with Gasteiger partial charge in [0, 0.05) is 30.8 Å². The number of esters is 2. The molecule has 3 N–H and O–H groups in total. The Morgan fingerprint density at radius 3 is 2.80 bits per heavy atom. The first-order valence-corrected chi connectivity index (χ1v) is 9.48. The SMILES string of the molecule is CCOC(=O)C1=C(OCCN)NC=C(C(=O)OC)C1c1cccc(-n2ccnc2)c1. The third-order valence-electron chi connectivity index (χ3n) is 4.49. The van der Waals surface area contributed by atoms with Crippen molar-refractivity contribution in [2.45, 2.75) is 12.8 Å². The Kier molecular flexibility index (Phi) is 6.87. The highest BCUT2D eigenvalue weighted by Gasteiger charge is 2.38. The summed E-state index contributed by atoms with van der Waals surface area (Å²) < 4.78 is 17.7. The molecule has 9 nitrogen and oxygen atoms in total. The predicted molar refractivity (Wildman–Crippen MR) is 108 cm³/mol. The molecule has 1 aliphatic rings. The summed E-state index contributed by atoms with van der Waals surface area (Å²) >= 11 is 0. The molecule has 30 heavy (non-hydrogen) atoms. The van der Waals surface area contributed by atoms with E-state index < -0.39 is 17.9 Å². The zero-order valence-electron chi connectivity index (χ0n) is 16.8. The van der Waals surface area contributed by atoms with Crippen LogP contribution < -0.4 is 11.1 Å². The fraction of sp³-hybridized carbons (Fsp3) is 0.286. The zero-order chi connectivity index (χ0) is 21.5. The van der Waals surface area contributed by atoms with Gasteiger partial charge in [0.25, 0.3) is 0 Å². The summed E-state index contributed by atoms with van der Waals surface area (Å²) in [6.07, 6.45) is 6.61. The second kappa shape index (κ2) is 9.75. The molecule has 1 atom stereocenters. The number of nitrogens with zero attached hydrogens (tertiary/aromatic N) is 2. The average molecular weight is 412 g/mol. The van der Waals surface area contributed by atoms with E-state index in [1.54, 1.807) is 25.6 Å². The van der Waals surface area contributed by atoms with Crippen LogP contribution in [0, 0.1) is 0 Å². The summed E-state index contributed by atoms with van der Waals surface area (Å²) in [6.45, 7) is 2.33. The molecule has 3 rings (SSSR count). The molecule has 0 amide bonds. The van der Waals surface area contributed by atoms with E-state index in [2.05, 4.69) is 10.3 Å².